The molecule has 3 aromatic rings. The van der Waals surface area contributed by atoms with E-state index in [1.807, 2.05) is 30.5 Å². The lowest BCUT2D eigenvalue weighted by Gasteiger charge is -2.31. The van der Waals surface area contributed by atoms with Gasteiger partial charge in [0.05, 0.1) is 31.0 Å². The van der Waals surface area contributed by atoms with Gasteiger partial charge in [-0.15, -0.1) is 11.3 Å². The van der Waals surface area contributed by atoms with Crippen molar-refractivity contribution in [3.63, 3.8) is 0 Å². The lowest BCUT2D eigenvalue weighted by molar-refractivity contribution is -0.129. The minimum atomic E-state index is -0.652. The predicted octanol–water partition coefficient (Wildman–Crippen LogP) is 5.48. The molecule has 2 heterocycles. The number of rotatable bonds is 9. The van der Waals surface area contributed by atoms with Gasteiger partial charge >= 0.3 is 5.97 Å². The summed E-state index contributed by atoms with van der Waals surface area (Å²) in [5.74, 6) is -0.220. The van der Waals surface area contributed by atoms with Crippen molar-refractivity contribution in [1.82, 2.24) is 4.90 Å². The Morgan fingerprint density at radius 1 is 1.08 bits per heavy atom. The van der Waals surface area contributed by atoms with Crippen LogP contribution in [-0.4, -0.2) is 46.3 Å². The van der Waals surface area contributed by atoms with Gasteiger partial charge < -0.3 is 14.8 Å². The third-order valence-corrected chi connectivity index (χ3v) is 7.39. The van der Waals surface area contributed by atoms with Crippen molar-refractivity contribution in [3.8, 4) is 5.75 Å². The summed E-state index contributed by atoms with van der Waals surface area (Å²) in [6.07, 6.45) is 0.0494. The van der Waals surface area contributed by atoms with Crippen molar-refractivity contribution < 1.29 is 23.9 Å². The molecule has 1 fully saturated rings. The number of thiophene rings is 1. The van der Waals surface area contributed by atoms with Gasteiger partial charge in [-0.3, -0.25) is 14.5 Å². The van der Waals surface area contributed by atoms with Crippen LogP contribution in [0.3, 0.4) is 0 Å². The number of nitrogens with zero attached hydrogens (tertiary/aromatic N) is 2. The SMILES string of the molecule is CCOC(=O)c1ccc(N=C2S[C@@H](C(=O)Nc3cccc(OCC)c3)CC(=O)N2Cc2cccs2)cc1. The molecule has 8 nitrogen and oxygen atoms in total. The average molecular weight is 538 g/mol. The van der Waals surface area contributed by atoms with E-state index >= 15 is 0 Å². The number of ether oxygens (including phenoxy) is 2. The molecule has 1 N–H and O–H groups in total. The van der Waals surface area contributed by atoms with E-state index in [-0.39, 0.29) is 18.2 Å². The average Bonchev–Trinajstić information content (AvgIpc) is 3.40. The van der Waals surface area contributed by atoms with E-state index < -0.39 is 11.2 Å². The molecule has 2 aromatic carbocycles. The quantitative estimate of drug-likeness (QED) is 0.363. The Balaban J connectivity index is 1.56. The third-order valence-electron chi connectivity index (χ3n) is 5.34. The predicted molar refractivity (Wildman–Crippen MR) is 147 cm³/mol. The summed E-state index contributed by atoms with van der Waals surface area (Å²) >= 11 is 2.80. The summed E-state index contributed by atoms with van der Waals surface area (Å²) < 4.78 is 10.5. The Morgan fingerprint density at radius 2 is 1.89 bits per heavy atom. The molecule has 0 radical (unpaired) electrons. The molecule has 1 atom stereocenters. The Kier molecular flexibility index (Phi) is 8.97. The first kappa shape index (κ1) is 26.4. The van der Waals surface area contributed by atoms with Crippen LogP contribution in [0.2, 0.25) is 0 Å². The van der Waals surface area contributed by atoms with Crippen LogP contribution in [0.5, 0.6) is 5.75 Å². The second-order valence-corrected chi connectivity index (χ2v) is 10.2. The van der Waals surface area contributed by atoms with Crippen LogP contribution in [0.25, 0.3) is 0 Å². The van der Waals surface area contributed by atoms with Crippen LogP contribution >= 0.6 is 23.1 Å². The van der Waals surface area contributed by atoms with Gasteiger partial charge in [0.25, 0.3) is 0 Å². The normalized spacial score (nSPS) is 16.5. The highest BCUT2D eigenvalue weighted by Gasteiger charge is 2.36. The number of benzene rings is 2. The number of aliphatic imine (C=N–C) groups is 1. The molecule has 192 valence electrons. The molecule has 1 aliphatic heterocycles. The first-order chi connectivity index (χ1) is 18.0. The fraction of sp³-hybridized carbons (Fsp3) is 0.259. The number of carbonyl (C=O) groups excluding carboxylic acids is 3. The molecular weight excluding hydrogens is 510 g/mol. The molecule has 0 aliphatic carbocycles. The molecular formula is C27H27N3O5S2. The van der Waals surface area contributed by atoms with Gasteiger partial charge in [0.1, 0.15) is 11.0 Å². The van der Waals surface area contributed by atoms with Gasteiger partial charge in [-0.1, -0.05) is 23.9 Å². The van der Waals surface area contributed by atoms with Crippen LogP contribution in [0.4, 0.5) is 11.4 Å². The number of nitrogens with one attached hydrogen (secondary N) is 1. The summed E-state index contributed by atoms with van der Waals surface area (Å²) in [5, 5.41) is 4.62. The summed E-state index contributed by atoms with van der Waals surface area (Å²) in [6.45, 7) is 4.82. The van der Waals surface area contributed by atoms with Crippen molar-refractivity contribution in [2.45, 2.75) is 32.1 Å². The lowest BCUT2D eigenvalue weighted by Crippen LogP contribution is -2.44. The van der Waals surface area contributed by atoms with Crippen molar-refractivity contribution in [2.24, 2.45) is 4.99 Å². The number of anilines is 1. The molecule has 10 heteroatoms. The Morgan fingerprint density at radius 3 is 2.59 bits per heavy atom. The van der Waals surface area contributed by atoms with Gasteiger partial charge in [-0.05, 0) is 61.7 Å². The van der Waals surface area contributed by atoms with E-state index in [2.05, 4.69) is 5.32 Å². The number of amidine groups is 1. The summed E-state index contributed by atoms with van der Waals surface area (Å²) in [4.78, 5) is 45.6. The largest absolute Gasteiger partial charge is 0.494 e. The molecule has 0 bridgehead atoms. The molecule has 4 rings (SSSR count). The number of hydrogen-bond acceptors (Lipinski definition) is 8. The van der Waals surface area contributed by atoms with E-state index in [0.29, 0.717) is 47.6 Å². The van der Waals surface area contributed by atoms with Crippen LogP contribution in [0.15, 0.2) is 71.0 Å². The van der Waals surface area contributed by atoms with Gasteiger partial charge in [-0.25, -0.2) is 9.79 Å². The van der Waals surface area contributed by atoms with Crippen molar-refractivity contribution in [1.29, 1.82) is 0 Å². The van der Waals surface area contributed by atoms with Gasteiger partial charge in [0.2, 0.25) is 11.8 Å². The first-order valence-electron chi connectivity index (χ1n) is 11.9. The minimum absolute atomic E-state index is 0.0494. The zero-order valence-corrected chi connectivity index (χ0v) is 22.1. The number of hydrogen-bond donors (Lipinski definition) is 1. The molecule has 37 heavy (non-hydrogen) atoms. The molecule has 2 amide bonds. The van der Waals surface area contributed by atoms with Crippen LogP contribution in [0, 0.1) is 0 Å². The molecule has 1 aromatic heterocycles. The second-order valence-electron chi connectivity index (χ2n) is 7.98. The van der Waals surface area contributed by atoms with Gasteiger partial charge in [-0.2, -0.15) is 0 Å². The van der Waals surface area contributed by atoms with Crippen LogP contribution in [0.1, 0.15) is 35.5 Å². The monoisotopic (exact) mass is 537 g/mol. The van der Waals surface area contributed by atoms with E-state index in [4.69, 9.17) is 14.5 Å². The minimum Gasteiger partial charge on any atom is -0.494 e. The highest BCUT2D eigenvalue weighted by Crippen LogP contribution is 2.32. The van der Waals surface area contributed by atoms with Crippen LogP contribution < -0.4 is 10.1 Å². The first-order valence-corrected chi connectivity index (χ1v) is 13.6. The highest BCUT2D eigenvalue weighted by atomic mass is 32.2. The summed E-state index contributed by atoms with van der Waals surface area (Å²) in [7, 11) is 0. The number of esters is 1. The summed E-state index contributed by atoms with van der Waals surface area (Å²) in [5.41, 5.74) is 1.57. The fourth-order valence-electron chi connectivity index (χ4n) is 3.61. The van der Waals surface area contributed by atoms with E-state index in [1.54, 1.807) is 65.6 Å². The van der Waals surface area contributed by atoms with Crippen molar-refractivity contribution in [3.05, 3.63) is 76.5 Å². The Hall–Kier alpha value is -3.63. The fourth-order valence-corrected chi connectivity index (χ4v) is 5.40. The maximum atomic E-state index is 13.2. The Bertz CT molecular complexity index is 1280. The van der Waals surface area contributed by atoms with E-state index in [0.717, 1.165) is 4.88 Å². The number of carbonyl (C=O) groups is 3. The van der Waals surface area contributed by atoms with Crippen molar-refractivity contribution in [2.75, 3.05) is 18.5 Å². The van der Waals surface area contributed by atoms with Gasteiger partial charge in [0.15, 0.2) is 5.17 Å². The number of thioether (sulfide) groups is 1. The molecule has 0 spiro atoms. The molecule has 1 aliphatic rings. The summed E-state index contributed by atoms with van der Waals surface area (Å²) in [6, 6.07) is 17.7. The standard InChI is InChI=1S/C27H27N3O5S2/c1-3-34-21-8-5-7-20(15-21)28-25(32)23-16-24(31)30(17-22-9-6-14-36-22)27(37-23)29-19-12-10-18(11-13-19)26(33)35-4-2/h5-15,23H,3-4,16-17H2,1-2H3,(H,28,32)/t23-/m1/s1. The number of amides is 2. The highest BCUT2D eigenvalue weighted by molar-refractivity contribution is 8.15. The van der Waals surface area contributed by atoms with Gasteiger partial charge in [0, 0.05) is 23.1 Å². The Labute approximate surface area is 223 Å². The zero-order chi connectivity index (χ0) is 26.2. The molecule has 1 saturated heterocycles. The zero-order valence-electron chi connectivity index (χ0n) is 20.5. The smallest absolute Gasteiger partial charge is 0.338 e. The maximum Gasteiger partial charge on any atom is 0.338 e. The maximum absolute atomic E-state index is 13.2. The molecule has 0 saturated carbocycles. The lowest BCUT2D eigenvalue weighted by atomic mass is 10.2. The topological polar surface area (TPSA) is 97.3 Å². The van der Waals surface area contributed by atoms with Crippen molar-refractivity contribution >= 4 is 57.4 Å². The molecule has 0 unspecified atom stereocenters. The van der Waals surface area contributed by atoms with E-state index in [1.165, 1.54) is 11.8 Å². The van der Waals surface area contributed by atoms with E-state index in [9.17, 15) is 14.4 Å². The second kappa shape index (κ2) is 12.6. The third kappa shape index (κ3) is 6.99. The van der Waals surface area contributed by atoms with Crippen LogP contribution in [-0.2, 0) is 20.9 Å².